The van der Waals surface area contributed by atoms with E-state index in [-0.39, 0.29) is 0 Å². The van der Waals surface area contributed by atoms with Crippen LogP contribution < -0.4 is 5.32 Å². The van der Waals surface area contributed by atoms with Crippen LogP contribution in [0, 0.1) is 11.3 Å². The summed E-state index contributed by atoms with van der Waals surface area (Å²) in [6.45, 7) is 3.44. The Kier molecular flexibility index (Phi) is 5.27. The van der Waals surface area contributed by atoms with Gasteiger partial charge in [0.2, 0.25) is 0 Å². The topological polar surface area (TPSA) is 45.0 Å². The molecule has 86 valence electrons. The van der Waals surface area contributed by atoms with Crippen molar-refractivity contribution in [3.05, 3.63) is 34.3 Å². The molecule has 1 N–H and O–H groups in total. The second kappa shape index (κ2) is 6.49. The molecule has 0 fully saturated rings. The fourth-order valence-corrected chi connectivity index (χ4v) is 1.61. The number of nitriles is 1. The normalized spacial score (nSPS) is 12.1. The summed E-state index contributed by atoms with van der Waals surface area (Å²) >= 11 is 5.93. The van der Waals surface area contributed by atoms with Crippen molar-refractivity contribution < 1.29 is 4.74 Å². The van der Waals surface area contributed by atoms with Gasteiger partial charge in [-0.15, -0.1) is 0 Å². The molecule has 0 heterocycles. The van der Waals surface area contributed by atoms with Crippen LogP contribution in [-0.4, -0.2) is 19.8 Å². The maximum absolute atomic E-state index is 8.73. The Morgan fingerprint density at radius 1 is 1.56 bits per heavy atom. The molecule has 0 aromatic heterocycles. The zero-order valence-corrected chi connectivity index (χ0v) is 10.2. The Morgan fingerprint density at radius 3 is 2.88 bits per heavy atom. The minimum atomic E-state index is 0.291. The van der Waals surface area contributed by atoms with Crippen LogP contribution in [0.5, 0.6) is 0 Å². The van der Waals surface area contributed by atoms with Crippen LogP contribution in [0.25, 0.3) is 0 Å². The average Bonchev–Trinajstić information content (AvgIpc) is 2.27. The van der Waals surface area contributed by atoms with Gasteiger partial charge in [0.25, 0.3) is 0 Å². The third-order valence-corrected chi connectivity index (χ3v) is 2.54. The van der Waals surface area contributed by atoms with Gasteiger partial charge in [0.1, 0.15) is 6.07 Å². The Bertz CT molecular complexity index is 387. The van der Waals surface area contributed by atoms with Gasteiger partial charge < -0.3 is 10.1 Å². The molecule has 0 bridgehead atoms. The quantitative estimate of drug-likeness (QED) is 0.857. The molecule has 0 spiro atoms. The maximum atomic E-state index is 8.73. The first-order valence-corrected chi connectivity index (χ1v) is 5.46. The fraction of sp³-hybridized carbons (Fsp3) is 0.417. The predicted molar refractivity (Wildman–Crippen MR) is 64.3 cm³/mol. The van der Waals surface area contributed by atoms with Gasteiger partial charge in [-0.25, -0.2) is 0 Å². The number of rotatable bonds is 5. The lowest BCUT2D eigenvalue weighted by Gasteiger charge is -2.12. The third-order valence-electron chi connectivity index (χ3n) is 2.23. The van der Waals surface area contributed by atoms with Crippen molar-refractivity contribution in [2.24, 2.45) is 0 Å². The fourth-order valence-electron chi connectivity index (χ4n) is 1.36. The maximum Gasteiger partial charge on any atom is 0.101 e. The van der Waals surface area contributed by atoms with E-state index in [4.69, 9.17) is 21.6 Å². The number of ether oxygens (including phenoxy) is 1. The van der Waals surface area contributed by atoms with E-state index >= 15 is 0 Å². The summed E-state index contributed by atoms with van der Waals surface area (Å²) in [6, 6.07) is 7.77. The molecule has 1 aromatic carbocycles. The zero-order valence-electron chi connectivity index (χ0n) is 9.46. The molecule has 1 aromatic rings. The molecule has 1 rings (SSSR count). The van der Waals surface area contributed by atoms with E-state index < -0.39 is 0 Å². The van der Waals surface area contributed by atoms with Gasteiger partial charge in [-0.3, -0.25) is 0 Å². The van der Waals surface area contributed by atoms with Crippen molar-refractivity contribution in [3.63, 3.8) is 0 Å². The van der Waals surface area contributed by atoms with Gasteiger partial charge in [-0.1, -0.05) is 17.7 Å². The molecule has 16 heavy (non-hydrogen) atoms. The molecule has 0 saturated carbocycles. The van der Waals surface area contributed by atoms with Crippen molar-refractivity contribution in [2.75, 3.05) is 13.7 Å². The molecule has 0 unspecified atom stereocenters. The summed E-state index contributed by atoms with van der Waals surface area (Å²) in [7, 11) is 1.68. The standard InChI is InChI=1S/C12H15ClN2O/c1-9(8-16-2)15-7-10-3-4-11(6-14)12(13)5-10/h3-5,9,15H,7-8H2,1-2H3/t9-/m0/s1. The third kappa shape index (κ3) is 3.82. The summed E-state index contributed by atoms with van der Waals surface area (Å²) in [5, 5.41) is 12.5. The highest BCUT2D eigenvalue weighted by atomic mass is 35.5. The smallest absolute Gasteiger partial charge is 0.101 e. The van der Waals surface area contributed by atoms with Crippen molar-refractivity contribution in [1.29, 1.82) is 5.26 Å². The monoisotopic (exact) mass is 238 g/mol. The summed E-state index contributed by atoms with van der Waals surface area (Å²) in [6.07, 6.45) is 0. The number of methoxy groups -OCH3 is 1. The van der Waals surface area contributed by atoms with Gasteiger partial charge in [-0.05, 0) is 24.6 Å². The summed E-state index contributed by atoms with van der Waals surface area (Å²) < 4.78 is 5.02. The number of nitrogens with zero attached hydrogens (tertiary/aromatic N) is 1. The number of hydrogen-bond acceptors (Lipinski definition) is 3. The second-order valence-corrected chi connectivity index (χ2v) is 4.07. The highest BCUT2D eigenvalue weighted by molar-refractivity contribution is 6.31. The highest BCUT2D eigenvalue weighted by Gasteiger charge is 2.03. The van der Waals surface area contributed by atoms with Crippen LogP contribution in [0.3, 0.4) is 0 Å². The predicted octanol–water partition coefficient (Wildman–Crippen LogP) is 2.34. The number of benzene rings is 1. The van der Waals surface area contributed by atoms with Crippen LogP contribution in [0.2, 0.25) is 5.02 Å². The Morgan fingerprint density at radius 2 is 2.31 bits per heavy atom. The van der Waals surface area contributed by atoms with Gasteiger partial charge in [0.15, 0.2) is 0 Å². The number of hydrogen-bond donors (Lipinski definition) is 1. The molecule has 0 aliphatic heterocycles. The van der Waals surface area contributed by atoms with Crippen LogP contribution in [0.4, 0.5) is 0 Å². The lowest BCUT2D eigenvalue weighted by Crippen LogP contribution is -2.29. The Labute approximate surface area is 101 Å². The van der Waals surface area contributed by atoms with E-state index in [1.807, 2.05) is 18.2 Å². The Balaban J connectivity index is 2.56. The van der Waals surface area contributed by atoms with Crippen LogP contribution in [-0.2, 0) is 11.3 Å². The first kappa shape index (κ1) is 13.0. The molecular formula is C12H15ClN2O. The molecule has 3 nitrogen and oxygen atoms in total. The molecule has 0 radical (unpaired) electrons. The van der Waals surface area contributed by atoms with Gasteiger partial charge in [0.05, 0.1) is 17.2 Å². The molecular weight excluding hydrogens is 224 g/mol. The summed E-state index contributed by atoms with van der Waals surface area (Å²) in [5.41, 5.74) is 1.57. The highest BCUT2D eigenvalue weighted by Crippen LogP contribution is 2.16. The average molecular weight is 239 g/mol. The van der Waals surface area contributed by atoms with E-state index in [9.17, 15) is 0 Å². The molecule has 4 heteroatoms. The summed E-state index contributed by atoms with van der Waals surface area (Å²) in [4.78, 5) is 0. The van der Waals surface area contributed by atoms with Gasteiger partial charge in [-0.2, -0.15) is 5.26 Å². The molecule has 0 aliphatic carbocycles. The van der Waals surface area contributed by atoms with Crippen LogP contribution in [0.1, 0.15) is 18.1 Å². The molecule has 0 aliphatic rings. The number of nitrogens with one attached hydrogen (secondary N) is 1. The molecule has 1 atom stereocenters. The largest absolute Gasteiger partial charge is 0.383 e. The lowest BCUT2D eigenvalue weighted by molar-refractivity contribution is 0.171. The zero-order chi connectivity index (χ0) is 12.0. The van der Waals surface area contributed by atoms with Crippen molar-refractivity contribution in [1.82, 2.24) is 5.32 Å². The van der Waals surface area contributed by atoms with E-state index in [1.54, 1.807) is 13.2 Å². The van der Waals surface area contributed by atoms with Crippen molar-refractivity contribution >= 4 is 11.6 Å². The van der Waals surface area contributed by atoms with E-state index in [1.165, 1.54) is 0 Å². The summed E-state index contributed by atoms with van der Waals surface area (Å²) in [5.74, 6) is 0. The minimum Gasteiger partial charge on any atom is -0.383 e. The van der Waals surface area contributed by atoms with Gasteiger partial charge >= 0.3 is 0 Å². The molecule has 0 amide bonds. The van der Waals surface area contributed by atoms with E-state index in [0.717, 1.165) is 12.1 Å². The minimum absolute atomic E-state index is 0.291. The van der Waals surface area contributed by atoms with Crippen molar-refractivity contribution in [3.8, 4) is 6.07 Å². The SMILES string of the molecule is COC[C@H](C)NCc1ccc(C#N)c(Cl)c1. The first-order chi connectivity index (χ1) is 7.67. The lowest BCUT2D eigenvalue weighted by atomic mass is 10.1. The van der Waals surface area contributed by atoms with E-state index in [0.29, 0.717) is 23.2 Å². The van der Waals surface area contributed by atoms with Gasteiger partial charge in [0, 0.05) is 19.7 Å². The van der Waals surface area contributed by atoms with Crippen LogP contribution in [0.15, 0.2) is 18.2 Å². The molecule has 0 saturated heterocycles. The Hall–Kier alpha value is -1.08. The second-order valence-electron chi connectivity index (χ2n) is 3.66. The number of halogens is 1. The first-order valence-electron chi connectivity index (χ1n) is 5.08. The van der Waals surface area contributed by atoms with Crippen molar-refractivity contribution in [2.45, 2.75) is 19.5 Å². The van der Waals surface area contributed by atoms with E-state index in [2.05, 4.69) is 12.2 Å². The van der Waals surface area contributed by atoms with Crippen LogP contribution >= 0.6 is 11.6 Å².